The van der Waals surface area contributed by atoms with Crippen molar-refractivity contribution in [3.05, 3.63) is 22.2 Å². The van der Waals surface area contributed by atoms with Gasteiger partial charge in [-0.3, -0.25) is 4.79 Å². The number of benzene rings is 1. The summed E-state index contributed by atoms with van der Waals surface area (Å²) in [5.41, 5.74) is 6.21. The van der Waals surface area contributed by atoms with Crippen molar-refractivity contribution >= 4 is 21.8 Å². The highest BCUT2D eigenvalue weighted by atomic mass is 79.9. The molecule has 0 fully saturated rings. The Morgan fingerprint density at radius 1 is 1.56 bits per heavy atom. The molecule has 1 rings (SSSR count). The Morgan fingerprint density at radius 2 is 2.22 bits per heavy atom. The van der Waals surface area contributed by atoms with Gasteiger partial charge in [0.05, 0.1) is 11.6 Å². The zero-order valence-corrected chi connectivity index (χ0v) is 12.2. The van der Waals surface area contributed by atoms with E-state index >= 15 is 0 Å². The van der Waals surface area contributed by atoms with Gasteiger partial charge < -0.3 is 20.5 Å². The van der Waals surface area contributed by atoms with Crippen molar-refractivity contribution in [3.63, 3.8) is 0 Å². The largest absolute Gasteiger partial charge is 0.493 e. The molecule has 1 unspecified atom stereocenters. The lowest BCUT2D eigenvalue weighted by atomic mass is 10.2. The number of carbonyl (C=O) groups excluding carboxylic acids is 1. The fourth-order valence-electron chi connectivity index (χ4n) is 1.43. The molecule has 1 atom stereocenters. The van der Waals surface area contributed by atoms with Gasteiger partial charge in [0.2, 0.25) is 0 Å². The normalized spacial score (nSPS) is 12.0. The van der Waals surface area contributed by atoms with Crippen molar-refractivity contribution in [2.75, 3.05) is 14.2 Å². The Hall–Kier alpha value is -1.27. The minimum atomic E-state index is -0.717. The molecule has 0 saturated heterocycles. The van der Waals surface area contributed by atoms with Crippen LogP contribution in [0.15, 0.2) is 16.6 Å². The smallest absolute Gasteiger partial charge is 0.258 e. The van der Waals surface area contributed by atoms with Crippen molar-refractivity contribution in [2.45, 2.75) is 19.6 Å². The summed E-state index contributed by atoms with van der Waals surface area (Å²) in [5.74, 6) is 0.509. The fourth-order valence-corrected chi connectivity index (χ4v) is 2.01. The van der Waals surface area contributed by atoms with Gasteiger partial charge in [0.15, 0.2) is 17.6 Å². The first-order chi connectivity index (χ1) is 8.49. The van der Waals surface area contributed by atoms with E-state index in [1.807, 2.05) is 19.2 Å². The van der Waals surface area contributed by atoms with Crippen LogP contribution in [0.3, 0.4) is 0 Å². The average molecular weight is 317 g/mol. The third-order valence-corrected chi connectivity index (χ3v) is 2.95. The van der Waals surface area contributed by atoms with Gasteiger partial charge in [-0.1, -0.05) is 0 Å². The Morgan fingerprint density at radius 3 is 2.72 bits per heavy atom. The van der Waals surface area contributed by atoms with E-state index in [4.69, 9.17) is 15.2 Å². The van der Waals surface area contributed by atoms with Gasteiger partial charge in [-0.15, -0.1) is 0 Å². The number of ether oxygens (including phenoxy) is 2. The molecule has 0 aliphatic carbocycles. The Bertz CT molecular complexity index is 438. The summed E-state index contributed by atoms with van der Waals surface area (Å²) in [7, 11) is 3.41. The first-order valence-corrected chi connectivity index (χ1v) is 6.25. The number of carbonyl (C=O) groups is 1. The molecule has 0 spiro atoms. The average Bonchev–Trinajstić information content (AvgIpc) is 2.32. The molecule has 1 aromatic rings. The van der Waals surface area contributed by atoms with Crippen LogP contribution >= 0.6 is 15.9 Å². The molecule has 0 heterocycles. The summed E-state index contributed by atoms with van der Waals surface area (Å²) >= 11 is 3.40. The van der Waals surface area contributed by atoms with Crippen molar-refractivity contribution in [1.29, 1.82) is 0 Å². The van der Waals surface area contributed by atoms with E-state index in [9.17, 15) is 4.79 Å². The second kappa shape index (κ2) is 6.61. The zero-order chi connectivity index (χ0) is 13.7. The Labute approximate surface area is 115 Å². The summed E-state index contributed by atoms with van der Waals surface area (Å²) in [6.45, 7) is 2.30. The molecule has 0 radical (unpaired) electrons. The third kappa shape index (κ3) is 3.61. The lowest BCUT2D eigenvalue weighted by Gasteiger charge is -2.17. The third-order valence-electron chi connectivity index (χ3n) is 2.37. The maximum atomic E-state index is 11.0. The molecule has 1 amide bonds. The number of halogens is 1. The number of amides is 1. The van der Waals surface area contributed by atoms with Gasteiger partial charge in [-0.2, -0.15) is 0 Å². The van der Waals surface area contributed by atoms with Crippen LogP contribution < -0.4 is 20.5 Å². The predicted octanol–water partition coefficient (Wildman–Crippen LogP) is 1.43. The standard InChI is InChI=1S/C12H17BrN2O3/c1-7(12(14)16)18-11-9(13)4-8(6-15-2)5-10(11)17-3/h4-5,7,15H,6H2,1-3H3,(H2,14,16). The zero-order valence-electron chi connectivity index (χ0n) is 10.6. The van der Waals surface area contributed by atoms with Crippen LogP contribution in [0.4, 0.5) is 0 Å². The van der Waals surface area contributed by atoms with Crippen LogP contribution in [-0.4, -0.2) is 26.2 Å². The first kappa shape index (κ1) is 14.8. The van der Waals surface area contributed by atoms with E-state index in [0.717, 1.165) is 10.0 Å². The van der Waals surface area contributed by atoms with Crippen LogP contribution in [-0.2, 0) is 11.3 Å². The van der Waals surface area contributed by atoms with Crippen LogP contribution in [0.5, 0.6) is 11.5 Å². The second-order valence-electron chi connectivity index (χ2n) is 3.80. The molecule has 0 aromatic heterocycles. The highest BCUT2D eigenvalue weighted by Gasteiger charge is 2.17. The maximum Gasteiger partial charge on any atom is 0.258 e. The predicted molar refractivity (Wildman–Crippen MR) is 72.7 cm³/mol. The summed E-state index contributed by atoms with van der Waals surface area (Å²) < 4.78 is 11.5. The van der Waals surface area contributed by atoms with Gasteiger partial charge >= 0.3 is 0 Å². The van der Waals surface area contributed by atoms with Crippen LogP contribution in [0.2, 0.25) is 0 Å². The topological polar surface area (TPSA) is 73.6 Å². The number of hydrogen-bond donors (Lipinski definition) is 2. The van der Waals surface area contributed by atoms with Crippen molar-refractivity contribution in [2.24, 2.45) is 5.73 Å². The molecule has 3 N–H and O–H groups in total. The van der Waals surface area contributed by atoms with Gasteiger partial charge in [0.1, 0.15) is 0 Å². The van der Waals surface area contributed by atoms with E-state index in [0.29, 0.717) is 18.0 Å². The SMILES string of the molecule is CNCc1cc(Br)c(OC(C)C(N)=O)c(OC)c1. The molecule has 1 aromatic carbocycles. The number of hydrogen-bond acceptors (Lipinski definition) is 4. The van der Waals surface area contributed by atoms with Gasteiger partial charge in [-0.05, 0) is 47.6 Å². The minimum Gasteiger partial charge on any atom is -0.493 e. The number of primary amides is 1. The summed E-state index contributed by atoms with van der Waals surface area (Å²) in [6, 6.07) is 3.76. The Kier molecular flexibility index (Phi) is 5.43. The molecule has 0 aliphatic heterocycles. The van der Waals surface area contributed by atoms with Gasteiger partial charge in [0, 0.05) is 6.54 Å². The van der Waals surface area contributed by atoms with E-state index in [2.05, 4.69) is 21.2 Å². The number of methoxy groups -OCH3 is 1. The summed E-state index contributed by atoms with van der Waals surface area (Å²) in [4.78, 5) is 11.0. The molecule has 0 aliphatic rings. The lowest BCUT2D eigenvalue weighted by molar-refractivity contribution is -0.124. The van der Waals surface area contributed by atoms with E-state index in [-0.39, 0.29) is 0 Å². The van der Waals surface area contributed by atoms with Crippen LogP contribution in [0.25, 0.3) is 0 Å². The maximum absolute atomic E-state index is 11.0. The number of nitrogens with one attached hydrogen (secondary N) is 1. The monoisotopic (exact) mass is 316 g/mol. The molecule has 0 bridgehead atoms. The molecule has 6 heteroatoms. The molecular weight excluding hydrogens is 300 g/mol. The van der Waals surface area contributed by atoms with Gasteiger partial charge in [-0.25, -0.2) is 0 Å². The van der Waals surface area contributed by atoms with Crippen molar-refractivity contribution in [1.82, 2.24) is 5.32 Å². The van der Waals surface area contributed by atoms with Crippen LogP contribution in [0.1, 0.15) is 12.5 Å². The molecule has 18 heavy (non-hydrogen) atoms. The minimum absolute atomic E-state index is 0.476. The van der Waals surface area contributed by atoms with E-state index in [1.54, 1.807) is 14.0 Å². The number of nitrogens with two attached hydrogens (primary N) is 1. The second-order valence-corrected chi connectivity index (χ2v) is 4.66. The summed E-state index contributed by atoms with van der Waals surface area (Å²) in [6.07, 6.45) is -0.717. The quantitative estimate of drug-likeness (QED) is 0.832. The van der Waals surface area contributed by atoms with Crippen LogP contribution in [0, 0.1) is 0 Å². The molecular formula is C12H17BrN2O3. The Balaban J connectivity index is 3.06. The number of rotatable bonds is 6. The van der Waals surface area contributed by atoms with E-state index in [1.165, 1.54) is 0 Å². The summed E-state index contributed by atoms with van der Waals surface area (Å²) in [5, 5.41) is 3.05. The molecule has 5 nitrogen and oxygen atoms in total. The fraction of sp³-hybridized carbons (Fsp3) is 0.417. The van der Waals surface area contributed by atoms with Crippen molar-refractivity contribution < 1.29 is 14.3 Å². The highest BCUT2D eigenvalue weighted by Crippen LogP contribution is 2.37. The lowest BCUT2D eigenvalue weighted by Crippen LogP contribution is -2.30. The highest BCUT2D eigenvalue weighted by molar-refractivity contribution is 9.10. The van der Waals surface area contributed by atoms with Crippen molar-refractivity contribution in [3.8, 4) is 11.5 Å². The van der Waals surface area contributed by atoms with E-state index < -0.39 is 12.0 Å². The first-order valence-electron chi connectivity index (χ1n) is 5.46. The molecule has 100 valence electrons. The van der Waals surface area contributed by atoms with Gasteiger partial charge in [0.25, 0.3) is 5.91 Å². The molecule has 0 saturated carbocycles.